The van der Waals surface area contributed by atoms with E-state index in [1.54, 1.807) is 12.1 Å². The van der Waals surface area contributed by atoms with Crippen LogP contribution in [0.25, 0.3) is 5.69 Å². The first-order chi connectivity index (χ1) is 12.5. The molecule has 0 aliphatic heterocycles. The number of non-ortho nitro benzene ring substituents is 1. The third-order valence-electron chi connectivity index (χ3n) is 3.32. The van der Waals surface area contributed by atoms with Gasteiger partial charge in [0, 0.05) is 30.0 Å². The van der Waals surface area contributed by atoms with Crippen LogP contribution in [-0.4, -0.2) is 21.9 Å². The number of nitrogens with one attached hydrogen (secondary N) is 2. The van der Waals surface area contributed by atoms with Crippen LogP contribution in [0.15, 0.2) is 68.9 Å². The highest BCUT2D eigenvalue weighted by Crippen LogP contribution is 2.16. The van der Waals surface area contributed by atoms with Crippen LogP contribution in [0.2, 0.25) is 0 Å². The third-order valence-corrected chi connectivity index (χ3v) is 4.35. The summed E-state index contributed by atoms with van der Waals surface area (Å²) in [5.41, 5.74) is 0.475. The normalized spacial score (nSPS) is 10.5. The average molecular weight is 373 g/mol. The quantitative estimate of drug-likeness (QED) is 0.294. The lowest BCUT2D eigenvalue weighted by Gasteiger charge is -2.03. The van der Waals surface area contributed by atoms with Crippen molar-refractivity contribution in [2.75, 3.05) is 11.1 Å². The molecule has 0 aliphatic carbocycles. The predicted octanol–water partition coefficient (Wildman–Crippen LogP) is 1.88. The predicted molar refractivity (Wildman–Crippen MR) is 93.3 cm³/mol. The second-order valence-electron chi connectivity index (χ2n) is 5.10. The Bertz CT molecular complexity index is 982. The van der Waals surface area contributed by atoms with Gasteiger partial charge in [0.2, 0.25) is 11.6 Å². The van der Waals surface area contributed by atoms with Crippen LogP contribution < -0.4 is 15.6 Å². The fraction of sp³-hybridized carbons (Fsp3) is 0.0625. The van der Waals surface area contributed by atoms with Gasteiger partial charge in [-0.2, -0.15) is 0 Å². The van der Waals surface area contributed by atoms with Gasteiger partial charge in [-0.1, -0.05) is 18.2 Å². The Kier molecular flexibility index (Phi) is 5.13. The summed E-state index contributed by atoms with van der Waals surface area (Å²) in [5, 5.41) is 16.0. The Labute approximate surface area is 150 Å². The number of hydrogen-bond donors (Lipinski definition) is 2. The van der Waals surface area contributed by atoms with E-state index in [1.807, 2.05) is 18.2 Å². The van der Waals surface area contributed by atoms with Crippen molar-refractivity contribution in [1.29, 1.82) is 0 Å². The van der Waals surface area contributed by atoms with E-state index < -0.39 is 10.5 Å². The molecule has 26 heavy (non-hydrogen) atoms. The smallest absolute Gasteiger partial charge is 0.325 e. The number of rotatable bonds is 6. The number of aromatic amines is 1. The van der Waals surface area contributed by atoms with E-state index in [0.717, 1.165) is 11.8 Å². The summed E-state index contributed by atoms with van der Waals surface area (Å²) in [6.45, 7) is 0. The van der Waals surface area contributed by atoms with Crippen LogP contribution in [0.1, 0.15) is 0 Å². The molecule has 132 valence electrons. The summed E-state index contributed by atoms with van der Waals surface area (Å²) in [6.07, 6.45) is 0. The second-order valence-corrected chi connectivity index (χ2v) is 6.06. The zero-order chi connectivity index (χ0) is 18.5. The number of anilines is 1. The van der Waals surface area contributed by atoms with Crippen molar-refractivity contribution in [2.24, 2.45) is 0 Å². The molecule has 10 heteroatoms. The number of carbonyl (C=O) groups excluding carboxylic acids is 1. The van der Waals surface area contributed by atoms with Crippen LogP contribution in [-0.2, 0) is 4.79 Å². The summed E-state index contributed by atoms with van der Waals surface area (Å²) in [4.78, 5) is 34.0. The minimum absolute atomic E-state index is 0.0353. The maximum absolute atomic E-state index is 12.1. The summed E-state index contributed by atoms with van der Waals surface area (Å²) < 4.78 is 6.25. The van der Waals surface area contributed by atoms with E-state index >= 15 is 0 Å². The van der Waals surface area contributed by atoms with Gasteiger partial charge in [-0.3, -0.25) is 19.4 Å². The Morgan fingerprint density at radius 1 is 1.19 bits per heavy atom. The van der Waals surface area contributed by atoms with Gasteiger partial charge >= 0.3 is 10.7 Å². The van der Waals surface area contributed by atoms with E-state index in [2.05, 4.69) is 10.6 Å². The van der Waals surface area contributed by atoms with Crippen LogP contribution in [0.3, 0.4) is 0 Å². The van der Waals surface area contributed by atoms with Crippen molar-refractivity contribution in [2.45, 2.75) is 5.03 Å². The molecule has 0 saturated carbocycles. The molecule has 0 fully saturated rings. The van der Waals surface area contributed by atoms with Crippen LogP contribution >= 0.6 is 11.8 Å². The number of hydrogen-bond acceptors (Lipinski definition) is 6. The molecular formula is C16H13N4O5S+. The van der Waals surface area contributed by atoms with E-state index in [-0.39, 0.29) is 22.4 Å². The molecular weight excluding hydrogens is 360 g/mol. The maximum atomic E-state index is 12.1. The fourth-order valence-corrected chi connectivity index (χ4v) is 2.90. The number of nitrogens with zero attached hydrogens (tertiary/aromatic N) is 2. The highest BCUT2D eigenvalue weighted by atomic mass is 32.2. The molecule has 0 bridgehead atoms. The van der Waals surface area contributed by atoms with Gasteiger partial charge < -0.3 is 5.32 Å². The second kappa shape index (κ2) is 7.66. The monoisotopic (exact) mass is 373 g/mol. The molecule has 0 radical (unpaired) electrons. The number of H-pyrrole nitrogens is 1. The SMILES string of the molecule is O=C(CSc1c(=O)o[nH][n+]1-c1ccccc1)Nc1ccc([N+](=O)[O-])cc1. The van der Waals surface area contributed by atoms with Crippen molar-refractivity contribution in [3.63, 3.8) is 0 Å². The minimum atomic E-state index is -0.581. The van der Waals surface area contributed by atoms with Gasteiger partial charge in [-0.05, 0) is 33.8 Å². The molecule has 9 nitrogen and oxygen atoms in total. The maximum Gasteiger partial charge on any atom is 0.442 e. The Morgan fingerprint density at radius 3 is 2.54 bits per heavy atom. The number of benzene rings is 2. The third kappa shape index (κ3) is 3.98. The fourth-order valence-electron chi connectivity index (χ4n) is 2.13. The summed E-state index contributed by atoms with van der Waals surface area (Å²) >= 11 is 1.02. The number of aromatic nitrogens is 2. The molecule has 2 aromatic carbocycles. The first-order valence-electron chi connectivity index (χ1n) is 7.40. The minimum Gasteiger partial charge on any atom is -0.325 e. The number of carbonyl (C=O) groups is 1. The zero-order valence-corrected chi connectivity index (χ0v) is 14.1. The van der Waals surface area contributed by atoms with E-state index in [0.29, 0.717) is 11.4 Å². The van der Waals surface area contributed by atoms with Crippen LogP contribution in [0, 0.1) is 10.1 Å². The lowest BCUT2D eigenvalue weighted by Crippen LogP contribution is -2.36. The molecule has 3 rings (SSSR count). The molecule has 0 atom stereocenters. The zero-order valence-electron chi connectivity index (χ0n) is 13.2. The van der Waals surface area contributed by atoms with E-state index in [1.165, 1.54) is 28.9 Å². The summed E-state index contributed by atoms with van der Waals surface area (Å²) in [7, 11) is 0. The van der Waals surface area contributed by atoms with Gasteiger partial charge in [0.15, 0.2) is 0 Å². The van der Waals surface area contributed by atoms with Crippen molar-refractivity contribution in [1.82, 2.24) is 5.27 Å². The van der Waals surface area contributed by atoms with E-state index in [4.69, 9.17) is 4.52 Å². The molecule has 0 aliphatic rings. The van der Waals surface area contributed by atoms with E-state index in [9.17, 15) is 19.7 Å². The number of nitro benzene ring substituents is 1. The van der Waals surface area contributed by atoms with Gasteiger partial charge in [-0.15, -0.1) is 0 Å². The summed E-state index contributed by atoms with van der Waals surface area (Å²) in [5.74, 6) is -0.393. The summed E-state index contributed by atoms with van der Waals surface area (Å²) in [6, 6.07) is 14.5. The Balaban J connectivity index is 1.66. The van der Waals surface area contributed by atoms with Crippen molar-refractivity contribution in [3.8, 4) is 5.69 Å². The molecule has 3 aromatic rings. The number of para-hydroxylation sites is 1. The van der Waals surface area contributed by atoms with Crippen molar-refractivity contribution in [3.05, 3.63) is 75.1 Å². The molecule has 0 unspecified atom stereocenters. The van der Waals surface area contributed by atoms with Gasteiger partial charge in [0.05, 0.1) is 10.7 Å². The standard InChI is InChI=1S/C16H12N4O5S/c21-14(17-11-6-8-13(9-7-11)20(23)24)10-26-15-16(22)25-18-19(15)12-4-2-1-3-5-12/h1-9H,10H2,(H-,17,18,21,22)/p+1. The number of nitro groups is 1. The van der Waals surface area contributed by atoms with Crippen molar-refractivity contribution < 1.29 is 18.9 Å². The molecule has 1 aromatic heterocycles. The Hall–Kier alpha value is -3.40. The lowest BCUT2D eigenvalue weighted by molar-refractivity contribution is -0.704. The topological polar surface area (TPSA) is 122 Å². The highest BCUT2D eigenvalue weighted by Gasteiger charge is 2.24. The Morgan fingerprint density at radius 2 is 1.88 bits per heavy atom. The van der Waals surface area contributed by atoms with Gasteiger partial charge in [0.1, 0.15) is 0 Å². The average Bonchev–Trinajstić information content (AvgIpc) is 3.02. The molecule has 1 heterocycles. The molecule has 2 N–H and O–H groups in total. The molecule has 0 saturated heterocycles. The van der Waals surface area contributed by atoms with Crippen molar-refractivity contribution >= 4 is 29.0 Å². The first-order valence-corrected chi connectivity index (χ1v) is 8.39. The van der Waals surface area contributed by atoms with Gasteiger partial charge in [-0.25, -0.2) is 4.79 Å². The first kappa shape index (κ1) is 17.4. The number of thioether (sulfide) groups is 1. The largest absolute Gasteiger partial charge is 0.442 e. The molecule has 1 amide bonds. The van der Waals surface area contributed by atoms with Gasteiger partial charge in [0.25, 0.3) is 5.69 Å². The number of amides is 1. The van der Waals surface area contributed by atoms with Crippen LogP contribution in [0.4, 0.5) is 11.4 Å². The molecule has 0 spiro atoms. The lowest BCUT2D eigenvalue weighted by atomic mass is 10.3. The highest BCUT2D eigenvalue weighted by molar-refractivity contribution is 7.99. The van der Waals surface area contributed by atoms with Crippen LogP contribution in [0.5, 0.6) is 0 Å².